The number of carboxylic acid groups (broad SMARTS) is 1. The number of carboxylic acids is 1. The molecule has 0 atom stereocenters. The van der Waals surface area contributed by atoms with Crippen LogP contribution < -0.4 is 9.47 Å². The van der Waals surface area contributed by atoms with Gasteiger partial charge >= 0.3 is 11.9 Å². The Bertz CT molecular complexity index is 649. The van der Waals surface area contributed by atoms with Gasteiger partial charge in [-0.15, -0.1) is 0 Å². The zero-order chi connectivity index (χ0) is 15.2. The molecule has 0 bridgehead atoms. The molecule has 21 heavy (non-hydrogen) atoms. The minimum absolute atomic E-state index is 0.0512. The molecule has 0 amide bonds. The van der Waals surface area contributed by atoms with Gasteiger partial charge in [0.1, 0.15) is 23.7 Å². The van der Waals surface area contributed by atoms with Crippen molar-refractivity contribution in [1.82, 2.24) is 0 Å². The third-order valence-electron chi connectivity index (χ3n) is 2.68. The molecule has 0 radical (unpaired) electrons. The van der Waals surface area contributed by atoms with Crippen molar-refractivity contribution in [2.45, 2.75) is 13.5 Å². The van der Waals surface area contributed by atoms with E-state index in [0.29, 0.717) is 0 Å². The normalized spacial score (nSPS) is 9.95. The summed E-state index contributed by atoms with van der Waals surface area (Å²) in [5.74, 6) is -1.26. The molecular formula is C16H14O5. The predicted octanol–water partition coefficient (Wildman–Crippen LogP) is 2.89. The molecule has 0 unspecified atom stereocenters. The molecule has 0 aromatic heterocycles. The molecule has 108 valence electrons. The summed E-state index contributed by atoms with van der Waals surface area (Å²) in [6, 6.07) is 13.6. The van der Waals surface area contributed by atoms with Crippen LogP contribution >= 0.6 is 0 Å². The van der Waals surface area contributed by atoms with E-state index >= 15 is 0 Å². The number of carbonyl (C=O) groups is 2. The molecule has 2 aromatic carbocycles. The van der Waals surface area contributed by atoms with Crippen LogP contribution in [0.1, 0.15) is 22.8 Å². The number of carbonyl (C=O) groups excluding carboxylic acids is 1. The highest BCUT2D eigenvalue weighted by Crippen LogP contribution is 2.25. The minimum atomic E-state index is -1.15. The Labute approximate surface area is 121 Å². The van der Waals surface area contributed by atoms with Gasteiger partial charge in [-0.3, -0.25) is 4.79 Å². The van der Waals surface area contributed by atoms with E-state index in [-0.39, 0.29) is 23.7 Å². The molecule has 0 saturated heterocycles. The molecule has 2 rings (SSSR count). The molecular weight excluding hydrogens is 272 g/mol. The van der Waals surface area contributed by atoms with Crippen molar-refractivity contribution in [2.24, 2.45) is 0 Å². The Hall–Kier alpha value is -2.82. The maximum atomic E-state index is 11.3. The first-order valence-corrected chi connectivity index (χ1v) is 6.29. The Morgan fingerprint density at radius 1 is 1.10 bits per heavy atom. The average Bonchev–Trinajstić information content (AvgIpc) is 2.46. The number of benzene rings is 2. The van der Waals surface area contributed by atoms with Crippen LogP contribution in [0.5, 0.6) is 11.5 Å². The molecule has 5 nitrogen and oxygen atoms in total. The third kappa shape index (κ3) is 4.07. The second kappa shape index (κ2) is 6.56. The van der Waals surface area contributed by atoms with Gasteiger partial charge in [0.15, 0.2) is 0 Å². The standard InChI is InChI=1S/C16H14O5/c1-11(17)21-13-7-8-15(14(9-13)16(18)19)20-10-12-5-3-2-4-6-12/h2-9H,10H2,1H3,(H,18,19). The molecule has 0 fully saturated rings. The number of esters is 1. The van der Waals surface area contributed by atoms with E-state index in [2.05, 4.69) is 0 Å². The molecule has 5 heteroatoms. The van der Waals surface area contributed by atoms with Gasteiger partial charge in [0.25, 0.3) is 0 Å². The second-order valence-electron chi connectivity index (χ2n) is 4.33. The smallest absolute Gasteiger partial charge is 0.339 e. The van der Waals surface area contributed by atoms with E-state index in [1.54, 1.807) is 0 Å². The van der Waals surface area contributed by atoms with Crippen molar-refractivity contribution in [3.05, 3.63) is 59.7 Å². The summed E-state index contributed by atoms with van der Waals surface area (Å²) in [7, 11) is 0. The predicted molar refractivity (Wildman–Crippen MR) is 75.5 cm³/mol. The highest BCUT2D eigenvalue weighted by atomic mass is 16.5. The topological polar surface area (TPSA) is 72.8 Å². The average molecular weight is 286 g/mol. The van der Waals surface area contributed by atoms with Gasteiger partial charge in [-0.1, -0.05) is 30.3 Å². The van der Waals surface area contributed by atoms with E-state index in [4.69, 9.17) is 9.47 Å². The quantitative estimate of drug-likeness (QED) is 0.676. The van der Waals surface area contributed by atoms with Crippen molar-refractivity contribution in [3.8, 4) is 11.5 Å². The van der Waals surface area contributed by atoms with Crippen LogP contribution in [0.3, 0.4) is 0 Å². The molecule has 0 aliphatic rings. The summed E-state index contributed by atoms with van der Waals surface area (Å²) in [6.07, 6.45) is 0. The van der Waals surface area contributed by atoms with Crippen LogP contribution in [-0.2, 0) is 11.4 Å². The molecule has 0 aliphatic carbocycles. The fourth-order valence-electron chi connectivity index (χ4n) is 1.77. The molecule has 2 aromatic rings. The van der Waals surface area contributed by atoms with Crippen LogP contribution in [0.15, 0.2) is 48.5 Å². The van der Waals surface area contributed by atoms with Crippen molar-refractivity contribution in [2.75, 3.05) is 0 Å². The number of hydrogen-bond acceptors (Lipinski definition) is 4. The van der Waals surface area contributed by atoms with Gasteiger partial charge in [0.2, 0.25) is 0 Å². The molecule has 0 heterocycles. The first kappa shape index (κ1) is 14.6. The summed E-state index contributed by atoms with van der Waals surface area (Å²) in [5.41, 5.74) is 0.877. The molecule has 0 saturated carbocycles. The lowest BCUT2D eigenvalue weighted by atomic mass is 10.2. The lowest BCUT2D eigenvalue weighted by Gasteiger charge is -2.10. The van der Waals surface area contributed by atoms with E-state index in [0.717, 1.165) is 5.56 Å². The maximum absolute atomic E-state index is 11.3. The summed E-state index contributed by atoms with van der Waals surface area (Å²) in [5, 5.41) is 9.20. The second-order valence-corrected chi connectivity index (χ2v) is 4.33. The zero-order valence-corrected chi connectivity index (χ0v) is 11.4. The Morgan fingerprint density at radius 2 is 1.81 bits per heavy atom. The SMILES string of the molecule is CC(=O)Oc1ccc(OCc2ccccc2)c(C(=O)O)c1. The lowest BCUT2D eigenvalue weighted by Crippen LogP contribution is -2.06. The van der Waals surface area contributed by atoms with Crippen molar-refractivity contribution < 1.29 is 24.2 Å². The lowest BCUT2D eigenvalue weighted by molar-refractivity contribution is -0.131. The number of aromatic carboxylic acids is 1. The minimum Gasteiger partial charge on any atom is -0.488 e. The van der Waals surface area contributed by atoms with Crippen LogP contribution in [0.2, 0.25) is 0 Å². The highest BCUT2D eigenvalue weighted by Gasteiger charge is 2.14. The number of rotatable bonds is 5. The van der Waals surface area contributed by atoms with Crippen LogP contribution in [0, 0.1) is 0 Å². The van der Waals surface area contributed by atoms with Crippen LogP contribution in [0.25, 0.3) is 0 Å². The largest absolute Gasteiger partial charge is 0.488 e. The monoisotopic (exact) mass is 286 g/mol. The number of hydrogen-bond donors (Lipinski definition) is 1. The van der Waals surface area contributed by atoms with Crippen molar-refractivity contribution in [3.63, 3.8) is 0 Å². The van der Waals surface area contributed by atoms with Gasteiger partial charge in [0, 0.05) is 6.92 Å². The van der Waals surface area contributed by atoms with E-state index in [1.165, 1.54) is 25.1 Å². The van der Waals surface area contributed by atoms with Crippen LogP contribution in [0.4, 0.5) is 0 Å². The van der Waals surface area contributed by atoms with Gasteiger partial charge in [-0.05, 0) is 23.8 Å². The van der Waals surface area contributed by atoms with E-state index in [9.17, 15) is 14.7 Å². The first-order valence-electron chi connectivity index (χ1n) is 6.29. The Kier molecular flexibility index (Phi) is 4.56. The fourth-order valence-corrected chi connectivity index (χ4v) is 1.77. The summed E-state index contributed by atoms with van der Waals surface area (Å²) < 4.78 is 10.4. The van der Waals surface area contributed by atoms with Gasteiger partial charge in [0.05, 0.1) is 0 Å². The third-order valence-corrected chi connectivity index (χ3v) is 2.68. The maximum Gasteiger partial charge on any atom is 0.339 e. The Balaban J connectivity index is 2.18. The molecule has 0 aliphatic heterocycles. The van der Waals surface area contributed by atoms with Crippen molar-refractivity contribution >= 4 is 11.9 Å². The van der Waals surface area contributed by atoms with Gasteiger partial charge in [-0.2, -0.15) is 0 Å². The molecule has 0 spiro atoms. The van der Waals surface area contributed by atoms with Crippen LogP contribution in [-0.4, -0.2) is 17.0 Å². The van der Waals surface area contributed by atoms with Gasteiger partial charge < -0.3 is 14.6 Å². The molecule has 1 N–H and O–H groups in total. The summed E-state index contributed by atoms with van der Waals surface area (Å²) in [6.45, 7) is 1.51. The summed E-state index contributed by atoms with van der Waals surface area (Å²) in [4.78, 5) is 22.1. The number of ether oxygens (including phenoxy) is 2. The zero-order valence-electron chi connectivity index (χ0n) is 11.4. The Morgan fingerprint density at radius 3 is 2.43 bits per heavy atom. The van der Waals surface area contributed by atoms with Crippen molar-refractivity contribution in [1.29, 1.82) is 0 Å². The first-order chi connectivity index (χ1) is 10.1. The van der Waals surface area contributed by atoms with Gasteiger partial charge in [-0.25, -0.2) is 4.79 Å². The van der Waals surface area contributed by atoms with E-state index < -0.39 is 11.9 Å². The summed E-state index contributed by atoms with van der Waals surface area (Å²) >= 11 is 0. The highest BCUT2D eigenvalue weighted by molar-refractivity contribution is 5.91. The van der Waals surface area contributed by atoms with E-state index in [1.807, 2.05) is 30.3 Å². The fraction of sp³-hybridized carbons (Fsp3) is 0.125.